The molecular formula is C23H37N2O3+. The first kappa shape index (κ1) is 22.4. The van der Waals surface area contributed by atoms with E-state index >= 15 is 0 Å². The lowest BCUT2D eigenvalue weighted by molar-refractivity contribution is -0.925. The fourth-order valence-electron chi connectivity index (χ4n) is 4.32. The van der Waals surface area contributed by atoms with E-state index in [1.165, 1.54) is 32.1 Å². The van der Waals surface area contributed by atoms with E-state index in [-0.39, 0.29) is 17.9 Å². The van der Waals surface area contributed by atoms with Crippen LogP contribution in [0.3, 0.4) is 0 Å². The Morgan fingerprint density at radius 2 is 1.75 bits per heavy atom. The van der Waals surface area contributed by atoms with Crippen molar-refractivity contribution in [2.75, 3.05) is 32.1 Å². The van der Waals surface area contributed by atoms with E-state index in [4.69, 9.17) is 4.74 Å². The van der Waals surface area contributed by atoms with E-state index in [0.717, 1.165) is 36.0 Å². The van der Waals surface area contributed by atoms with Crippen LogP contribution in [0, 0.1) is 6.92 Å². The maximum absolute atomic E-state index is 13.4. The first-order chi connectivity index (χ1) is 13.4. The minimum atomic E-state index is -0.389. The van der Waals surface area contributed by atoms with Gasteiger partial charge in [-0.05, 0) is 57.6 Å². The highest BCUT2D eigenvalue weighted by Gasteiger charge is 2.38. The van der Waals surface area contributed by atoms with Crippen LogP contribution in [-0.4, -0.2) is 49.1 Å². The number of benzene rings is 1. The van der Waals surface area contributed by atoms with Crippen LogP contribution in [0.1, 0.15) is 74.7 Å². The number of hydrogen-bond donors (Lipinski definition) is 1. The summed E-state index contributed by atoms with van der Waals surface area (Å²) in [4.78, 5) is 25.8. The van der Waals surface area contributed by atoms with E-state index in [1.807, 2.05) is 19.1 Å². The number of para-hydroxylation sites is 1. The molecule has 0 aromatic heterocycles. The number of nitrogens with one attached hydrogen (secondary N) is 1. The predicted octanol–water partition coefficient (Wildman–Crippen LogP) is 4.69. The van der Waals surface area contributed by atoms with Crippen molar-refractivity contribution in [3.05, 3.63) is 29.3 Å². The summed E-state index contributed by atoms with van der Waals surface area (Å²) in [6, 6.07) is 5.37. The van der Waals surface area contributed by atoms with Gasteiger partial charge in [0.05, 0.1) is 38.0 Å². The third-order valence-electron chi connectivity index (χ3n) is 5.97. The Labute approximate surface area is 170 Å². The van der Waals surface area contributed by atoms with Gasteiger partial charge in [-0.25, -0.2) is 4.79 Å². The van der Waals surface area contributed by atoms with Gasteiger partial charge in [0.2, 0.25) is 0 Å². The van der Waals surface area contributed by atoms with Crippen LogP contribution in [0.2, 0.25) is 0 Å². The number of anilines is 1. The molecule has 0 spiro atoms. The number of ether oxygens (including phenoxy) is 1. The van der Waals surface area contributed by atoms with Crippen molar-refractivity contribution >= 4 is 17.6 Å². The molecule has 5 nitrogen and oxygen atoms in total. The Morgan fingerprint density at radius 3 is 2.36 bits per heavy atom. The van der Waals surface area contributed by atoms with Crippen LogP contribution in [0.15, 0.2) is 18.2 Å². The second-order valence-electron chi connectivity index (χ2n) is 8.21. The average Bonchev–Trinajstić information content (AvgIpc) is 2.64. The summed E-state index contributed by atoms with van der Waals surface area (Å²) in [5.41, 5.74) is 1.90. The average molecular weight is 390 g/mol. The van der Waals surface area contributed by atoms with Gasteiger partial charge in [0.1, 0.15) is 0 Å². The SMILES string of the molecule is CCCC(C(=O)Nc1c(C)cccc1C(=O)OCC)[N+]1(C)CCCCCCC1. The maximum atomic E-state index is 13.4. The molecule has 1 amide bonds. The monoisotopic (exact) mass is 389 g/mol. The normalized spacial score (nSPS) is 17.9. The Kier molecular flexibility index (Phi) is 8.49. The van der Waals surface area contributed by atoms with Gasteiger partial charge in [-0.15, -0.1) is 0 Å². The summed E-state index contributed by atoms with van der Waals surface area (Å²) in [5.74, 6) is -0.370. The zero-order chi connectivity index (χ0) is 20.6. The fraction of sp³-hybridized carbons (Fsp3) is 0.652. The molecule has 28 heavy (non-hydrogen) atoms. The molecule has 1 fully saturated rings. The summed E-state index contributed by atoms with van der Waals surface area (Å²) in [7, 11) is 2.23. The molecule has 1 aromatic rings. The minimum absolute atomic E-state index is 0.0183. The van der Waals surface area contributed by atoms with Crippen molar-refractivity contribution < 1.29 is 18.8 Å². The van der Waals surface area contributed by atoms with Gasteiger partial charge < -0.3 is 14.5 Å². The van der Waals surface area contributed by atoms with Gasteiger partial charge in [0.15, 0.2) is 6.04 Å². The Balaban J connectivity index is 2.28. The van der Waals surface area contributed by atoms with Crippen LogP contribution < -0.4 is 5.32 Å². The van der Waals surface area contributed by atoms with E-state index < -0.39 is 0 Å². The highest BCUT2D eigenvalue weighted by atomic mass is 16.5. The van der Waals surface area contributed by atoms with Crippen molar-refractivity contribution in [2.45, 2.75) is 71.8 Å². The first-order valence-electron chi connectivity index (χ1n) is 10.8. The Hall–Kier alpha value is -1.88. The number of hydrogen-bond acceptors (Lipinski definition) is 3. The molecular weight excluding hydrogens is 352 g/mol. The van der Waals surface area contributed by atoms with Crippen molar-refractivity contribution in [3.63, 3.8) is 0 Å². The van der Waals surface area contributed by atoms with Gasteiger partial charge in [0.25, 0.3) is 5.91 Å². The Morgan fingerprint density at radius 1 is 1.11 bits per heavy atom. The number of quaternary nitrogens is 1. The third-order valence-corrected chi connectivity index (χ3v) is 5.97. The smallest absolute Gasteiger partial charge is 0.340 e. The predicted molar refractivity (Wildman–Crippen MR) is 113 cm³/mol. The van der Waals surface area contributed by atoms with Gasteiger partial charge in [-0.3, -0.25) is 4.79 Å². The van der Waals surface area contributed by atoms with Crippen LogP contribution in [0.4, 0.5) is 5.69 Å². The summed E-state index contributed by atoms with van der Waals surface area (Å²) < 4.78 is 5.98. The molecule has 1 aliphatic heterocycles. The molecule has 1 heterocycles. The van der Waals surface area contributed by atoms with Crippen molar-refractivity contribution in [1.29, 1.82) is 0 Å². The number of nitrogens with zero attached hydrogens (tertiary/aromatic N) is 1. The number of aryl methyl sites for hydroxylation is 1. The first-order valence-corrected chi connectivity index (χ1v) is 10.8. The number of carbonyl (C=O) groups is 2. The summed E-state index contributed by atoms with van der Waals surface area (Å²) in [6.07, 6.45) is 7.95. The van der Waals surface area contributed by atoms with E-state index in [9.17, 15) is 9.59 Å². The number of likely N-dealkylation sites (N-methyl/N-ethyl adjacent to an activating group) is 1. The standard InChI is InChI=1S/C23H36N2O3/c1-5-13-20(25(4)16-10-8-7-9-11-17-25)22(26)24-21-18(3)14-12-15-19(21)23(27)28-6-2/h12,14-15,20H,5-11,13,16-17H2,1-4H3/p+1. The van der Waals surface area contributed by atoms with E-state index in [2.05, 4.69) is 19.3 Å². The molecule has 1 saturated heterocycles. The fourth-order valence-corrected chi connectivity index (χ4v) is 4.32. The molecule has 1 N–H and O–H groups in total. The van der Waals surface area contributed by atoms with Crippen LogP contribution in [-0.2, 0) is 9.53 Å². The lowest BCUT2D eigenvalue weighted by atomic mass is 10.00. The number of carbonyl (C=O) groups excluding carboxylic acids is 2. The number of likely N-dealkylation sites (tertiary alicyclic amines) is 1. The quantitative estimate of drug-likeness (QED) is 0.544. The molecule has 0 aliphatic carbocycles. The maximum Gasteiger partial charge on any atom is 0.340 e. The summed E-state index contributed by atoms with van der Waals surface area (Å²) in [5, 5.41) is 3.11. The number of amides is 1. The lowest BCUT2D eigenvalue weighted by Gasteiger charge is -2.42. The minimum Gasteiger partial charge on any atom is -0.462 e. The van der Waals surface area contributed by atoms with Crippen LogP contribution >= 0.6 is 0 Å². The number of rotatable bonds is 7. The van der Waals surface area contributed by atoms with Gasteiger partial charge in [-0.1, -0.05) is 25.5 Å². The Bertz CT molecular complexity index is 664. The topological polar surface area (TPSA) is 55.4 Å². The van der Waals surface area contributed by atoms with E-state index in [1.54, 1.807) is 13.0 Å². The molecule has 1 aromatic carbocycles. The highest BCUT2D eigenvalue weighted by Crippen LogP contribution is 2.26. The number of esters is 1. The highest BCUT2D eigenvalue weighted by molar-refractivity contribution is 6.03. The van der Waals surface area contributed by atoms with Crippen molar-refractivity contribution in [3.8, 4) is 0 Å². The molecule has 2 rings (SSSR count). The molecule has 0 radical (unpaired) electrons. The zero-order valence-corrected chi connectivity index (χ0v) is 18.1. The molecule has 1 atom stereocenters. The zero-order valence-electron chi connectivity index (χ0n) is 18.1. The second-order valence-corrected chi connectivity index (χ2v) is 8.21. The lowest BCUT2D eigenvalue weighted by Crippen LogP contribution is -2.58. The summed E-state index contributed by atoms with van der Waals surface area (Å²) >= 11 is 0. The van der Waals surface area contributed by atoms with Gasteiger partial charge in [-0.2, -0.15) is 0 Å². The molecule has 0 saturated carbocycles. The van der Waals surface area contributed by atoms with Crippen molar-refractivity contribution in [2.24, 2.45) is 0 Å². The van der Waals surface area contributed by atoms with E-state index in [0.29, 0.717) is 17.9 Å². The van der Waals surface area contributed by atoms with Gasteiger partial charge in [0, 0.05) is 6.42 Å². The molecule has 1 aliphatic rings. The van der Waals surface area contributed by atoms with Crippen molar-refractivity contribution in [1.82, 2.24) is 0 Å². The van der Waals surface area contributed by atoms with Gasteiger partial charge >= 0.3 is 5.97 Å². The molecule has 5 heteroatoms. The molecule has 0 bridgehead atoms. The molecule has 156 valence electrons. The van der Waals surface area contributed by atoms with Crippen LogP contribution in [0.25, 0.3) is 0 Å². The molecule has 1 unspecified atom stereocenters. The largest absolute Gasteiger partial charge is 0.462 e. The summed E-state index contributed by atoms with van der Waals surface area (Å²) in [6.45, 7) is 8.23. The second kappa shape index (κ2) is 10.6. The van der Waals surface area contributed by atoms with Crippen LogP contribution in [0.5, 0.6) is 0 Å². The third kappa shape index (κ3) is 5.57.